The zero-order chi connectivity index (χ0) is 21.0. The van der Waals surface area contributed by atoms with Crippen molar-refractivity contribution >= 4 is 23.4 Å². The fourth-order valence-corrected chi connectivity index (χ4v) is 3.45. The molecule has 1 aromatic heterocycles. The molecule has 0 aliphatic carbocycles. The van der Waals surface area contributed by atoms with Gasteiger partial charge in [0.2, 0.25) is 11.1 Å². The number of nitrogens with zero attached hydrogens (tertiary/aromatic N) is 3. The van der Waals surface area contributed by atoms with Crippen molar-refractivity contribution in [2.24, 2.45) is 0 Å². The third kappa shape index (κ3) is 5.05. The Hall–Kier alpha value is -3.07. The van der Waals surface area contributed by atoms with Gasteiger partial charge in [0.05, 0.1) is 18.0 Å². The first-order valence-corrected chi connectivity index (χ1v) is 9.81. The number of nitrogen functional groups attached to an aromatic ring is 1. The van der Waals surface area contributed by atoms with Crippen LogP contribution in [0.25, 0.3) is 0 Å². The van der Waals surface area contributed by atoms with Gasteiger partial charge in [-0.15, -0.1) is 10.2 Å². The first-order valence-electron chi connectivity index (χ1n) is 8.93. The van der Waals surface area contributed by atoms with E-state index in [-0.39, 0.29) is 11.7 Å². The molecule has 0 saturated heterocycles. The molecule has 0 bridgehead atoms. The number of benzene rings is 2. The zero-order valence-corrected chi connectivity index (χ0v) is 17.2. The maximum Gasteiger partial charge on any atom is 0.237 e. The molecule has 1 atom stereocenters. The van der Waals surface area contributed by atoms with Gasteiger partial charge < -0.3 is 15.9 Å². The number of halogens is 1. The van der Waals surface area contributed by atoms with Crippen LogP contribution >= 0.6 is 11.8 Å². The van der Waals surface area contributed by atoms with Gasteiger partial charge in [-0.3, -0.25) is 4.79 Å². The van der Waals surface area contributed by atoms with Crippen LogP contribution in [0.15, 0.2) is 47.6 Å². The average molecular weight is 415 g/mol. The topological polar surface area (TPSA) is 95.1 Å². The first-order chi connectivity index (χ1) is 13.9. The number of aromatic nitrogens is 3. The second-order valence-electron chi connectivity index (χ2n) is 6.53. The molecular weight excluding hydrogens is 393 g/mol. The Balaban J connectivity index is 1.67. The van der Waals surface area contributed by atoms with Crippen molar-refractivity contribution in [3.05, 3.63) is 65.2 Å². The third-order valence-electron chi connectivity index (χ3n) is 4.27. The number of rotatable bonds is 7. The Morgan fingerprint density at radius 3 is 2.69 bits per heavy atom. The van der Waals surface area contributed by atoms with Crippen molar-refractivity contribution in [1.29, 1.82) is 0 Å². The van der Waals surface area contributed by atoms with Gasteiger partial charge in [0.1, 0.15) is 11.6 Å². The van der Waals surface area contributed by atoms with Crippen molar-refractivity contribution in [2.45, 2.75) is 30.7 Å². The van der Waals surface area contributed by atoms with Crippen LogP contribution in [0.5, 0.6) is 5.75 Å². The molecule has 3 N–H and O–H groups in total. The Morgan fingerprint density at radius 2 is 2.00 bits per heavy atom. The number of anilines is 1. The smallest absolute Gasteiger partial charge is 0.237 e. The maximum absolute atomic E-state index is 13.0. The molecule has 0 radical (unpaired) electrons. The second kappa shape index (κ2) is 8.95. The van der Waals surface area contributed by atoms with E-state index in [4.69, 9.17) is 10.6 Å². The van der Waals surface area contributed by atoms with Crippen LogP contribution in [-0.2, 0) is 11.2 Å². The lowest BCUT2D eigenvalue weighted by molar-refractivity contribution is -0.115. The summed E-state index contributed by atoms with van der Waals surface area (Å²) in [7, 11) is 1.55. The Bertz CT molecular complexity index is 1010. The number of ether oxygens (including phenoxy) is 1. The van der Waals surface area contributed by atoms with Crippen LogP contribution in [0.3, 0.4) is 0 Å². The van der Waals surface area contributed by atoms with Crippen LogP contribution in [0, 0.1) is 12.7 Å². The van der Waals surface area contributed by atoms with Gasteiger partial charge in [-0.1, -0.05) is 30.0 Å². The number of hydrogen-bond donors (Lipinski definition) is 2. The highest BCUT2D eigenvalue weighted by atomic mass is 32.2. The molecule has 0 aliphatic heterocycles. The minimum Gasteiger partial charge on any atom is -0.495 e. The molecule has 0 spiro atoms. The fourth-order valence-electron chi connectivity index (χ4n) is 2.66. The summed E-state index contributed by atoms with van der Waals surface area (Å²) in [6, 6.07) is 11.7. The number of hydrogen-bond acceptors (Lipinski definition) is 6. The molecule has 0 saturated carbocycles. The normalized spacial score (nSPS) is 11.9. The fraction of sp³-hybridized carbons (Fsp3) is 0.250. The van der Waals surface area contributed by atoms with Gasteiger partial charge in [-0.25, -0.2) is 9.07 Å². The first kappa shape index (κ1) is 20.7. The lowest BCUT2D eigenvalue weighted by atomic mass is 10.1. The van der Waals surface area contributed by atoms with Crippen molar-refractivity contribution < 1.29 is 13.9 Å². The van der Waals surface area contributed by atoms with Gasteiger partial charge in [-0.05, 0) is 49.2 Å². The van der Waals surface area contributed by atoms with E-state index in [1.165, 1.54) is 28.6 Å². The van der Waals surface area contributed by atoms with Crippen LogP contribution in [-0.4, -0.2) is 33.1 Å². The standard InChI is InChI=1S/C20H22FN5O2S/c1-12-4-9-17(28-3)16(10-12)23-19(27)13(2)29-20-25-24-18(26(20)22)11-14-5-7-15(21)8-6-14/h4-10,13H,11,22H2,1-3H3,(H,23,27)/t13-/m0/s1. The van der Waals surface area contributed by atoms with Gasteiger partial charge in [-0.2, -0.15) is 0 Å². The summed E-state index contributed by atoms with van der Waals surface area (Å²) in [6.45, 7) is 3.70. The third-order valence-corrected chi connectivity index (χ3v) is 5.33. The van der Waals surface area contributed by atoms with E-state index in [0.717, 1.165) is 11.1 Å². The van der Waals surface area contributed by atoms with Crippen LogP contribution in [0.1, 0.15) is 23.9 Å². The molecule has 29 heavy (non-hydrogen) atoms. The van der Waals surface area contributed by atoms with Crippen LogP contribution < -0.4 is 15.9 Å². The summed E-state index contributed by atoms with van der Waals surface area (Å²) in [4.78, 5) is 12.6. The van der Waals surface area contributed by atoms with E-state index in [9.17, 15) is 9.18 Å². The molecule has 7 nitrogen and oxygen atoms in total. The largest absolute Gasteiger partial charge is 0.495 e. The lowest BCUT2D eigenvalue weighted by Crippen LogP contribution is -2.24. The predicted molar refractivity (Wildman–Crippen MR) is 111 cm³/mol. The molecular formula is C20H22FN5O2S. The minimum atomic E-state index is -0.467. The highest BCUT2D eigenvalue weighted by Crippen LogP contribution is 2.27. The van der Waals surface area contributed by atoms with E-state index in [1.54, 1.807) is 32.2 Å². The van der Waals surface area contributed by atoms with Crippen molar-refractivity contribution in [3.8, 4) is 5.75 Å². The number of methoxy groups -OCH3 is 1. The molecule has 0 fully saturated rings. The number of amides is 1. The molecule has 152 valence electrons. The van der Waals surface area contributed by atoms with Crippen molar-refractivity contribution in [1.82, 2.24) is 14.9 Å². The molecule has 0 aliphatic rings. The summed E-state index contributed by atoms with van der Waals surface area (Å²) >= 11 is 1.20. The van der Waals surface area contributed by atoms with Crippen molar-refractivity contribution in [3.63, 3.8) is 0 Å². The van der Waals surface area contributed by atoms with E-state index >= 15 is 0 Å². The number of carbonyl (C=O) groups excluding carboxylic acids is 1. The monoisotopic (exact) mass is 415 g/mol. The van der Waals surface area contributed by atoms with Gasteiger partial charge in [0.15, 0.2) is 5.82 Å². The van der Waals surface area contributed by atoms with Crippen molar-refractivity contribution in [2.75, 3.05) is 18.3 Å². The molecule has 0 unspecified atom stereocenters. The number of nitrogens with one attached hydrogen (secondary N) is 1. The highest BCUT2D eigenvalue weighted by molar-refractivity contribution is 8.00. The lowest BCUT2D eigenvalue weighted by Gasteiger charge is -2.14. The minimum absolute atomic E-state index is 0.206. The Morgan fingerprint density at radius 1 is 1.28 bits per heavy atom. The van der Waals surface area contributed by atoms with Gasteiger partial charge in [0.25, 0.3) is 0 Å². The van der Waals surface area contributed by atoms with Crippen LogP contribution in [0.4, 0.5) is 10.1 Å². The Labute approximate surface area is 172 Å². The van der Waals surface area contributed by atoms with Crippen LogP contribution in [0.2, 0.25) is 0 Å². The quantitative estimate of drug-likeness (QED) is 0.455. The number of nitrogens with two attached hydrogens (primary N) is 1. The molecule has 2 aromatic carbocycles. The summed E-state index contributed by atoms with van der Waals surface area (Å²) in [5, 5.41) is 11.0. The summed E-state index contributed by atoms with van der Waals surface area (Å²) < 4.78 is 19.7. The highest BCUT2D eigenvalue weighted by Gasteiger charge is 2.20. The second-order valence-corrected chi connectivity index (χ2v) is 7.83. The van der Waals surface area contributed by atoms with E-state index in [2.05, 4.69) is 15.5 Å². The number of thioether (sulfide) groups is 1. The summed E-state index contributed by atoms with van der Waals surface area (Å²) in [5.74, 6) is 6.69. The number of carbonyl (C=O) groups is 1. The summed E-state index contributed by atoms with van der Waals surface area (Å²) in [5.41, 5.74) is 2.48. The maximum atomic E-state index is 13.0. The van der Waals surface area contributed by atoms with E-state index in [0.29, 0.717) is 28.8 Å². The SMILES string of the molecule is COc1ccc(C)cc1NC(=O)[C@H](C)Sc1nnc(Cc2ccc(F)cc2)n1N. The molecule has 1 amide bonds. The van der Waals surface area contributed by atoms with E-state index < -0.39 is 5.25 Å². The molecule has 3 rings (SSSR count). The number of aryl methyl sites for hydroxylation is 1. The molecule has 3 aromatic rings. The molecule has 9 heteroatoms. The predicted octanol–water partition coefficient (Wildman–Crippen LogP) is 3.16. The van der Waals surface area contributed by atoms with Gasteiger partial charge in [0, 0.05) is 6.42 Å². The van der Waals surface area contributed by atoms with E-state index in [1.807, 2.05) is 19.1 Å². The van der Waals surface area contributed by atoms with Gasteiger partial charge >= 0.3 is 0 Å². The molecule has 1 heterocycles. The Kier molecular flexibility index (Phi) is 6.38. The average Bonchev–Trinajstić information content (AvgIpc) is 3.03. The summed E-state index contributed by atoms with van der Waals surface area (Å²) in [6.07, 6.45) is 0.408. The zero-order valence-electron chi connectivity index (χ0n) is 16.3.